The first kappa shape index (κ1) is 17.0. The fraction of sp³-hybridized carbons (Fsp3) is 0.333. The zero-order valence-corrected chi connectivity index (χ0v) is 12.6. The molecule has 2 amide bonds. The van der Waals surface area contributed by atoms with Crippen LogP contribution in [0.3, 0.4) is 0 Å². The Kier molecular flexibility index (Phi) is 6.75. The minimum absolute atomic E-state index is 0.302. The largest absolute Gasteiger partial charge is 0.479 e. The molecule has 0 aromatic heterocycles. The Morgan fingerprint density at radius 1 is 1.48 bits per heavy atom. The number of hydrogen-bond donors (Lipinski definition) is 2. The van der Waals surface area contributed by atoms with Crippen molar-refractivity contribution in [3.05, 3.63) is 47.5 Å². The van der Waals surface area contributed by atoms with Gasteiger partial charge in [-0.3, -0.25) is 0 Å². The molecule has 2 N–H and O–H groups in total. The number of hydrogen-bond acceptors (Lipinski definition) is 2. The second-order valence-corrected chi connectivity index (χ2v) is 4.88. The van der Waals surface area contributed by atoms with Crippen molar-refractivity contribution in [2.24, 2.45) is 0 Å². The SMILES string of the molecule is C=CCN(CCC)C(=O)N[C@@H](C(=O)O)c1ccccc1Cl. The molecule has 0 aliphatic heterocycles. The van der Waals surface area contributed by atoms with Crippen molar-refractivity contribution in [3.8, 4) is 0 Å². The van der Waals surface area contributed by atoms with Crippen molar-refractivity contribution in [3.63, 3.8) is 0 Å². The summed E-state index contributed by atoms with van der Waals surface area (Å²) in [4.78, 5) is 25.1. The molecule has 5 nitrogen and oxygen atoms in total. The molecule has 0 unspecified atom stereocenters. The number of nitrogens with zero attached hydrogens (tertiary/aromatic N) is 1. The number of rotatable bonds is 7. The smallest absolute Gasteiger partial charge is 0.331 e. The highest BCUT2D eigenvalue weighted by atomic mass is 35.5. The van der Waals surface area contributed by atoms with Crippen molar-refractivity contribution < 1.29 is 14.7 Å². The third kappa shape index (κ3) is 4.79. The highest BCUT2D eigenvalue weighted by molar-refractivity contribution is 6.31. The van der Waals surface area contributed by atoms with Gasteiger partial charge in [0, 0.05) is 23.7 Å². The average Bonchev–Trinajstić information content (AvgIpc) is 2.45. The molecular formula is C15H19ClN2O3. The van der Waals surface area contributed by atoms with Gasteiger partial charge in [-0.25, -0.2) is 9.59 Å². The second-order valence-electron chi connectivity index (χ2n) is 4.48. The number of halogens is 1. The highest BCUT2D eigenvalue weighted by Gasteiger charge is 2.25. The third-order valence-electron chi connectivity index (χ3n) is 2.86. The van der Waals surface area contributed by atoms with Crippen LogP contribution in [0.2, 0.25) is 5.02 Å². The summed E-state index contributed by atoms with van der Waals surface area (Å²) in [5.74, 6) is -1.16. The molecule has 0 aliphatic rings. The van der Waals surface area contributed by atoms with E-state index in [1.54, 1.807) is 30.3 Å². The molecule has 0 heterocycles. The number of carboxylic acids is 1. The molecule has 21 heavy (non-hydrogen) atoms. The van der Waals surface area contributed by atoms with E-state index in [4.69, 9.17) is 11.6 Å². The Labute approximate surface area is 129 Å². The summed E-state index contributed by atoms with van der Waals surface area (Å²) in [5, 5.41) is 12.1. The van der Waals surface area contributed by atoms with Crippen LogP contribution in [0.25, 0.3) is 0 Å². The molecule has 0 bridgehead atoms. The zero-order chi connectivity index (χ0) is 15.8. The minimum Gasteiger partial charge on any atom is -0.479 e. The number of amides is 2. The molecule has 0 radical (unpaired) electrons. The standard InChI is InChI=1S/C15H19ClN2O3/c1-3-9-18(10-4-2)15(21)17-13(14(19)20)11-7-5-6-8-12(11)16/h3,5-8,13H,1,4,9-10H2,2H3,(H,17,21)(H,19,20)/t13-/m1/s1. The van der Waals surface area contributed by atoms with Gasteiger partial charge < -0.3 is 15.3 Å². The summed E-state index contributed by atoms with van der Waals surface area (Å²) in [6.07, 6.45) is 2.37. The molecule has 0 fully saturated rings. The fourth-order valence-electron chi connectivity index (χ4n) is 1.90. The van der Waals surface area contributed by atoms with Gasteiger partial charge in [-0.15, -0.1) is 6.58 Å². The third-order valence-corrected chi connectivity index (χ3v) is 3.21. The number of carbonyl (C=O) groups excluding carboxylic acids is 1. The summed E-state index contributed by atoms with van der Waals surface area (Å²) in [5.41, 5.74) is 0.357. The van der Waals surface area contributed by atoms with Crippen molar-refractivity contribution in [2.75, 3.05) is 13.1 Å². The Morgan fingerprint density at radius 2 is 2.14 bits per heavy atom. The monoisotopic (exact) mass is 310 g/mol. The van der Waals surface area contributed by atoms with Crippen LogP contribution in [0.15, 0.2) is 36.9 Å². The lowest BCUT2D eigenvalue weighted by Crippen LogP contribution is -2.44. The summed E-state index contributed by atoms with van der Waals surface area (Å²) in [7, 11) is 0. The van der Waals surface area contributed by atoms with Gasteiger partial charge in [0.1, 0.15) is 0 Å². The molecule has 1 rings (SSSR count). The Balaban J connectivity index is 2.93. The van der Waals surface area contributed by atoms with E-state index >= 15 is 0 Å². The van der Waals surface area contributed by atoms with E-state index in [9.17, 15) is 14.7 Å². The number of urea groups is 1. The van der Waals surface area contributed by atoms with Crippen LogP contribution < -0.4 is 5.32 Å². The number of nitrogens with one attached hydrogen (secondary N) is 1. The number of carbonyl (C=O) groups is 2. The van der Waals surface area contributed by atoms with E-state index in [0.29, 0.717) is 23.7 Å². The molecule has 1 atom stereocenters. The van der Waals surface area contributed by atoms with E-state index in [-0.39, 0.29) is 0 Å². The van der Waals surface area contributed by atoms with Crippen LogP contribution in [0.1, 0.15) is 24.9 Å². The predicted molar refractivity (Wildman–Crippen MR) is 82.4 cm³/mol. The molecule has 1 aromatic carbocycles. The van der Waals surface area contributed by atoms with Gasteiger partial charge in [0.15, 0.2) is 6.04 Å². The molecular weight excluding hydrogens is 292 g/mol. The van der Waals surface area contributed by atoms with Gasteiger partial charge >= 0.3 is 12.0 Å². The van der Waals surface area contributed by atoms with Gasteiger partial charge in [0.25, 0.3) is 0 Å². The van der Waals surface area contributed by atoms with Crippen molar-refractivity contribution in [1.29, 1.82) is 0 Å². The first-order valence-corrected chi connectivity index (χ1v) is 7.02. The van der Waals surface area contributed by atoms with Gasteiger partial charge in [-0.1, -0.05) is 42.8 Å². The number of benzene rings is 1. The van der Waals surface area contributed by atoms with Crippen molar-refractivity contribution in [1.82, 2.24) is 10.2 Å². The lowest BCUT2D eigenvalue weighted by atomic mass is 10.1. The fourth-order valence-corrected chi connectivity index (χ4v) is 2.14. The summed E-state index contributed by atoms with van der Waals surface area (Å²) in [6.45, 7) is 6.41. The van der Waals surface area contributed by atoms with Gasteiger partial charge in [0.05, 0.1) is 0 Å². The molecule has 1 aromatic rings. The number of carboxylic acid groups (broad SMARTS) is 1. The maximum atomic E-state index is 12.2. The van der Waals surface area contributed by atoms with Crippen molar-refractivity contribution >= 4 is 23.6 Å². The number of aliphatic carboxylic acids is 1. The van der Waals surface area contributed by atoms with Crippen LogP contribution in [0.5, 0.6) is 0 Å². The van der Waals surface area contributed by atoms with Crippen molar-refractivity contribution in [2.45, 2.75) is 19.4 Å². The van der Waals surface area contributed by atoms with Crippen LogP contribution in [0, 0.1) is 0 Å². The van der Waals surface area contributed by atoms with Gasteiger partial charge in [-0.05, 0) is 12.5 Å². The quantitative estimate of drug-likeness (QED) is 0.760. The summed E-state index contributed by atoms with van der Waals surface area (Å²) < 4.78 is 0. The first-order valence-electron chi connectivity index (χ1n) is 6.64. The predicted octanol–water partition coefficient (Wildman–Crippen LogP) is 3.07. The minimum atomic E-state index is -1.18. The lowest BCUT2D eigenvalue weighted by molar-refractivity contribution is -0.139. The Hall–Kier alpha value is -2.01. The summed E-state index contributed by atoms with van der Waals surface area (Å²) >= 11 is 6.00. The molecule has 6 heteroatoms. The van der Waals surface area contributed by atoms with E-state index < -0.39 is 18.0 Å². The van der Waals surface area contributed by atoms with Gasteiger partial charge in [-0.2, -0.15) is 0 Å². The first-order chi connectivity index (χ1) is 10.0. The molecule has 114 valence electrons. The van der Waals surface area contributed by atoms with Crippen LogP contribution in [-0.2, 0) is 4.79 Å². The van der Waals surface area contributed by atoms with Gasteiger partial charge in [0.2, 0.25) is 0 Å². The zero-order valence-electron chi connectivity index (χ0n) is 11.9. The lowest BCUT2D eigenvalue weighted by Gasteiger charge is -2.24. The average molecular weight is 311 g/mol. The Bertz CT molecular complexity index is 519. The van der Waals surface area contributed by atoms with E-state index in [0.717, 1.165) is 6.42 Å². The maximum absolute atomic E-state index is 12.2. The van der Waals surface area contributed by atoms with Crippen LogP contribution in [0.4, 0.5) is 4.79 Å². The topological polar surface area (TPSA) is 69.6 Å². The van der Waals surface area contributed by atoms with E-state index in [1.165, 1.54) is 4.90 Å². The normalized spacial score (nSPS) is 11.5. The van der Waals surface area contributed by atoms with Crippen LogP contribution >= 0.6 is 11.6 Å². The Morgan fingerprint density at radius 3 is 2.67 bits per heavy atom. The molecule has 0 spiro atoms. The maximum Gasteiger partial charge on any atom is 0.331 e. The van der Waals surface area contributed by atoms with E-state index in [2.05, 4.69) is 11.9 Å². The summed E-state index contributed by atoms with van der Waals surface area (Å²) in [6, 6.07) is 4.91. The molecule has 0 saturated heterocycles. The molecule has 0 saturated carbocycles. The molecule has 0 aliphatic carbocycles. The highest BCUT2D eigenvalue weighted by Crippen LogP contribution is 2.23. The van der Waals surface area contributed by atoms with E-state index in [1.807, 2.05) is 6.92 Å². The second kappa shape index (κ2) is 8.32. The van der Waals surface area contributed by atoms with Crippen LogP contribution in [-0.4, -0.2) is 35.1 Å².